The van der Waals surface area contributed by atoms with Gasteiger partial charge in [-0.1, -0.05) is 12.2 Å². The largest absolute Gasteiger partial charge is 0.369 e. The van der Waals surface area contributed by atoms with Crippen LogP contribution < -0.4 is 5.73 Å². The Kier molecular flexibility index (Phi) is 4.10. The molecule has 1 amide bonds. The van der Waals surface area contributed by atoms with Crippen molar-refractivity contribution in [3.8, 4) is 0 Å². The number of nitrogens with zero attached hydrogens (tertiary/aromatic N) is 1. The number of carbonyl (C=O) groups is 2. The highest BCUT2D eigenvalue weighted by Crippen LogP contribution is 2.18. The van der Waals surface area contributed by atoms with Gasteiger partial charge in [-0.25, -0.2) is 0 Å². The van der Waals surface area contributed by atoms with Crippen LogP contribution in [-0.4, -0.2) is 17.1 Å². The first-order valence-electron chi connectivity index (χ1n) is 4.73. The van der Waals surface area contributed by atoms with Crippen molar-refractivity contribution in [3.63, 3.8) is 0 Å². The van der Waals surface area contributed by atoms with Gasteiger partial charge in [-0.05, 0) is 17.7 Å². The summed E-state index contributed by atoms with van der Waals surface area (Å²) in [5, 5.41) is 10.6. The minimum absolute atomic E-state index is 0.00350. The fourth-order valence-electron chi connectivity index (χ4n) is 1.25. The maximum absolute atomic E-state index is 10.7. The lowest BCUT2D eigenvalue weighted by Gasteiger charge is -1.97. The number of primary amides is 1. The molecule has 0 unspecified atom stereocenters. The average Bonchev–Trinajstić information content (AvgIpc) is 2.28. The molecule has 0 radical (unpaired) electrons. The Morgan fingerprint density at radius 3 is 2.71 bits per heavy atom. The zero-order valence-electron chi connectivity index (χ0n) is 8.83. The smallest absolute Gasteiger partial charge is 0.279 e. The van der Waals surface area contributed by atoms with Gasteiger partial charge < -0.3 is 5.73 Å². The molecule has 0 fully saturated rings. The average molecular weight is 234 g/mol. The van der Waals surface area contributed by atoms with E-state index in [0.717, 1.165) is 0 Å². The van der Waals surface area contributed by atoms with Crippen LogP contribution in [0.15, 0.2) is 24.3 Å². The third-order valence-electron chi connectivity index (χ3n) is 2.00. The van der Waals surface area contributed by atoms with E-state index in [2.05, 4.69) is 0 Å². The van der Waals surface area contributed by atoms with Gasteiger partial charge in [0.2, 0.25) is 5.91 Å². The fraction of sp³-hybridized carbons (Fsp3) is 0.0909. The van der Waals surface area contributed by atoms with Gasteiger partial charge in [-0.15, -0.1) is 0 Å². The molecule has 6 nitrogen and oxygen atoms in total. The summed E-state index contributed by atoms with van der Waals surface area (Å²) in [6, 6.07) is 4.11. The monoisotopic (exact) mass is 234 g/mol. The molecule has 0 aromatic heterocycles. The van der Waals surface area contributed by atoms with E-state index in [9.17, 15) is 19.7 Å². The molecule has 6 heteroatoms. The minimum atomic E-state index is -0.624. The van der Waals surface area contributed by atoms with Gasteiger partial charge in [-0.3, -0.25) is 19.7 Å². The molecular formula is C11H10N2O4. The maximum atomic E-state index is 10.7. The Labute approximate surface area is 96.9 Å². The zero-order chi connectivity index (χ0) is 12.8. The van der Waals surface area contributed by atoms with E-state index in [-0.39, 0.29) is 17.7 Å². The van der Waals surface area contributed by atoms with Crippen molar-refractivity contribution in [2.75, 3.05) is 0 Å². The molecule has 0 saturated heterocycles. The summed E-state index contributed by atoms with van der Waals surface area (Å²) in [5.74, 6) is -0.473. The van der Waals surface area contributed by atoms with Crippen LogP contribution in [0, 0.1) is 10.1 Å². The van der Waals surface area contributed by atoms with Crippen LogP contribution >= 0.6 is 0 Å². The molecule has 1 rings (SSSR count). The van der Waals surface area contributed by atoms with Crippen LogP contribution in [0.5, 0.6) is 0 Å². The van der Waals surface area contributed by atoms with E-state index >= 15 is 0 Å². The number of amides is 1. The van der Waals surface area contributed by atoms with E-state index in [1.807, 2.05) is 0 Å². The van der Waals surface area contributed by atoms with Gasteiger partial charge in [0.25, 0.3) is 5.69 Å². The number of rotatable bonds is 5. The highest BCUT2D eigenvalue weighted by molar-refractivity contribution is 5.83. The molecule has 0 spiro atoms. The third kappa shape index (κ3) is 3.53. The fourth-order valence-corrected chi connectivity index (χ4v) is 1.25. The Hall–Kier alpha value is -2.50. The highest BCUT2D eigenvalue weighted by Gasteiger charge is 2.12. The van der Waals surface area contributed by atoms with Crippen molar-refractivity contribution < 1.29 is 14.5 Å². The van der Waals surface area contributed by atoms with Crippen LogP contribution in [0.25, 0.3) is 6.08 Å². The summed E-state index contributed by atoms with van der Waals surface area (Å²) < 4.78 is 0. The quantitative estimate of drug-likeness (QED) is 0.471. The molecule has 0 saturated carbocycles. The summed E-state index contributed by atoms with van der Waals surface area (Å²) >= 11 is 0. The number of benzene rings is 1. The predicted octanol–water partition coefficient (Wildman–Crippen LogP) is 1.30. The van der Waals surface area contributed by atoms with Crippen LogP contribution in [0.4, 0.5) is 5.69 Å². The molecule has 1 aromatic rings. The van der Waals surface area contributed by atoms with Crippen molar-refractivity contribution in [1.82, 2.24) is 0 Å². The Bertz CT molecular complexity index is 494. The molecule has 1 aromatic carbocycles. The number of hydrogen-bond donors (Lipinski definition) is 1. The van der Waals surface area contributed by atoms with Crippen molar-refractivity contribution in [2.24, 2.45) is 5.73 Å². The first-order valence-corrected chi connectivity index (χ1v) is 4.73. The predicted molar refractivity (Wildman–Crippen MR) is 61.3 cm³/mol. The van der Waals surface area contributed by atoms with Gasteiger partial charge in [-0.2, -0.15) is 0 Å². The number of hydrogen-bond acceptors (Lipinski definition) is 4. The summed E-state index contributed by atoms with van der Waals surface area (Å²) in [5.41, 5.74) is 5.29. The highest BCUT2D eigenvalue weighted by atomic mass is 16.6. The Balaban J connectivity index is 2.97. The van der Waals surface area contributed by atoms with Crippen molar-refractivity contribution in [1.29, 1.82) is 0 Å². The number of nitrogens with two attached hydrogens (primary N) is 1. The lowest BCUT2D eigenvalue weighted by molar-refractivity contribution is -0.385. The van der Waals surface area contributed by atoms with Gasteiger partial charge in [0.1, 0.15) is 0 Å². The summed E-state index contributed by atoms with van der Waals surface area (Å²) in [6.07, 6.45) is 3.59. The molecular weight excluding hydrogens is 224 g/mol. The van der Waals surface area contributed by atoms with Crippen LogP contribution in [-0.2, 0) is 4.79 Å². The van der Waals surface area contributed by atoms with Gasteiger partial charge in [0.15, 0.2) is 6.29 Å². The van der Waals surface area contributed by atoms with Crippen molar-refractivity contribution in [3.05, 3.63) is 45.5 Å². The summed E-state index contributed by atoms with van der Waals surface area (Å²) in [4.78, 5) is 31.1. The standard InChI is InChI=1S/C11H10N2O4/c12-11(15)3-1-2-8-4-5-10(13(16)17)9(6-8)7-14/h1-2,4-7H,3H2,(H2,12,15). The number of aldehydes is 1. The third-order valence-corrected chi connectivity index (χ3v) is 2.00. The lowest BCUT2D eigenvalue weighted by Crippen LogP contribution is -2.07. The van der Waals surface area contributed by atoms with E-state index in [1.54, 1.807) is 6.08 Å². The second-order valence-electron chi connectivity index (χ2n) is 3.27. The molecule has 0 aliphatic heterocycles. The lowest BCUT2D eigenvalue weighted by atomic mass is 10.1. The Morgan fingerprint density at radius 1 is 1.47 bits per heavy atom. The van der Waals surface area contributed by atoms with Gasteiger partial charge >= 0.3 is 0 Å². The zero-order valence-corrected chi connectivity index (χ0v) is 8.83. The topological polar surface area (TPSA) is 103 Å². The van der Waals surface area contributed by atoms with E-state index in [1.165, 1.54) is 24.3 Å². The Morgan fingerprint density at radius 2 is 2.18 bits per heavy atom. The second-order valence-corrected chi connectivity index (χ2v) is 3.27. The van der Waals surface area contributed by atoms with Crippen LogP contribution in [0.1, 0.15) is 22.3 Å². The first-order chi connectivity index (χ1) is 8.04. The molecule has 2 N–H and O–H groups in total. The molecule has 0 aliphatic rings. The minimum Gasteiger partial charge on any atom is -0.369 e. The second kappa shape index (κ2) is 5.55. The van der Waals surface area contributed by atoms with Gasteiger partial charge in [0, 0.05) is 12.5 Å². The first kappa shape index (κ1) is 12.6. The molecule has 0 bridgehead atoms. The van der Waals surface area contributed by atoms with E-state index in [0.29, 0.717) is 11.8 Å². The molecule has 88 valence electrons. The molecule has 0 atom stereocenters. The summed E-state index contributed by atoms with van der Waals surface area (Å²) in [6.45, 7) is 0. The SMILES string of the molecule is NC(=O)CC=Cc1ccc([N+](=O)[O-])c(C=O)c1. The summed E-state index contributed by atoms with van der Waals surface area (Å²) in [7, 11) is 0. The maximum Gasteiger partial charge on any atom is 0.279 e. The van der Waals surface area contributed by atoms with Crippen LogP contribution in [0.2, 0.25) is 0 Å². The van der Waals surface area contributed by atoms with Crippen LogP contribution in [0.3, 0.4) is 0 Å². The molecule has 17 heavy (non-hydrogen) atoms. The number of carbonyl (C=O) groups excluding carboxylic acids is 2. The normalized spacial score (nSPS) is 10.4. The number of nitro benzene ring substituents is 1. The molecule has 0 heterocycles. The van der Waals surface area contributed by atoms with Gasteiger partial charge in [0.05, 0.1) is 10.5 Å². The van der Waals surface area contributed by atoms with E-state index < -0.39 is 10.8 Å². The van der Waals surface area contributed by atoms with E-state index in [4.69, 9.17) is 5.73 Å². The van der Waals surface area contributed by atoms with Crippen molar-refractivity contribution in [2.45, 2.75) is 6.42 Å². The number of nitro groups is 1. The van der Waals surface area contributed by atoms with Crippen molar-refractivity contribution >= 4 is 24.0 Å². The molecule has 0 aliphatic carbocycles.